The lowest BCUT2D eigenvalue weighted by atomic mass is 9.82. The van der Waals surface area contributed by atoms with E-state index < -0.39 is 0 Å². The van der Waals surface area contributed by atoms with Gasteiger partial charge in [-0.1, -0.05) is 13.0 Å². The monoisotopic (exact) mass is 220 g/mol. The lowest BCUT2D eigenvalue weighted by molar-refractivity contribution is -0.162. The van der Waals surface area contributed by atoms with Gasteiger partial charge in [0.05, 0.1) is 18.6 Å². The number of hydrogen-bond donors (Lipinski definition) is 1. The second kappa shape index (κ2) is 4.61. The van der Waals surface area contributed by atoms with E-state index in [0.717, 1.165) is 12.0 Å². The van der Waals surface area contributed by atoms with Gasteiger partial charge >= 0.3 is 0 Å². The Hall–Kier alpha value is -1.42. The molecule has 2 heterocycles. The molecule has 0 saturated carbocycles. The summed E-state index contributed by atoms with van der Waals surface area (Å²) < 4.78 is 5.13. The van der Waals surface area contributed by atoms with Crippen LogP contribution in [0.15, 0.2) is 24.5 Å². The number of hydrogen-bond acceptors (Lipinski definition) is 3. The Kier molecular flexibility index (Phi) is 3.19. The van der Waals surface area contributed by atoms with E-state index in [1.807, 2.05) is 19.1 Å². The van der Waals surface area contributed by atoms with Crippen molar-refractivity contribution >= 4 is 5.91 Å². The molecule has 1 aromatic rings. The largest absolute Gasteiger partial charge is 0.379 e. The van der Waals surface area contributed by atoms with Crippen LogP contribution in [-0.2, 0) is 16.1 Å². The number of nitrogens with one attached hydrogen (secondary N) is 1. The molecule has 0 bridgehead atoms. The van der Waals surface area contributed by atoms with E-state index in [4.69, 9.17) is 4.74 Å². The van der Waals surface area contributed by atoms with Crippen LogP contribution in [0.4, 0.5) is 0 Å². The van der Waals surface area contributed by atoms with Crippen LogP contribution in [0.2, 0.25) is 0 Å². The second-order valence-electron chi connectivity index (χ2n) is 4.17. The second-order valence-corrected chi connectivity index (χ2v) is 4.17. The SMILES string of the molecule is CCC1(C(=O)NCc2cccnc2)COC1. The highest BCUT2D eigenvalue weighted by atomic mass is 16.5. The van der Waals surface area contributed by atoms with Crippen molar-refractivity contribution in [2.24, 2.45) is 5.41 Å². The van der Waals surface area contributed by atoms with Crippen molar-refractivity contribution in [2.45, 2.75) is 19.9 Å². The maximum atomic E-state index is 11.9. The summed E-state index contributed by atoms with van der Waals surface area (Å²) >= 11 is 0. The smallest absolute Gasteiger partial charge is 0.231 e. The van der Waals surface area contributed by atoms with Crippen molar-refractivity contribution in [3.63, 3.8) is 0 Å². The standard InChI is InChI=1S/C12H16N2O2/c1-2-12(8-16-9-12)11(15)14-7-10-4-3-5-13-6-10/h3-6H,2,7-9H2,1H3,(H,14,15). The number of pyridine rings is 1. The fourth-order valence-electron chi connectivity index (χ4n) is 1.72. The van der Waals surface area contributed by atoms with Crippen molar-refractivity contribution in [1.29, 1.82) is 0 Å². The maximum absolute atomic E-state index is 11.9. The van der Waals surface area contributed by atoms with Gasteiger partial charge in [0.15, 0.2) is 0 Å². The molecule has 2 rings (SSSR count). The number of ether oxygens (including phenoxy) is 1. The average Bonchev–Trinajstić information content (AvgIpc) is 2.27. The molecule has 1 aliphatic heterocycles. The Morgan fingerprint density at radius 3 is 2.94 bits per heavy atom. The lowest BCUT2D eigenvalue weighted by Gasteiger charge is -2.39. The molecule has 0 aromatic carbocycles. The molecule has 0 aliphatic carbocycles. The number of carbonyl (C=O) groups excluding carboxylic acids is 1. The molecule has 4 nitrogen and oxygen atoms in total. The normalized spacial score (nSPS) is 17.6. The Morgan fingerprint density at radius 1 is 1.62 bits per heavy atom. The minimum atomic E-state index is -0.289. The van der Waals surface area contributed by atoms with Gasteiger partial charge in [0.2, 0.25) is 5.91 Å². The molecular weight excluding hydrogens is 204 g/mol. The quantitative estimate of drug-likeness (QED) is 0.827. The fraction of sp³-hybridized carbons (Fsp3) is 0.500. The minimum Gasteiger partial charge on any atom is -0.379 e. The first-order valence-corrected chi connectivity index (χ1v) is 5.52. The van der Waals surface area contributed by atoms with Crippen LogP contribution in [0.25, 0.3) is 0 Å². The Bertz CT molecular complexity index is 355. The van der Waals surface area contributed by atoms with Crippen LogP contribution >= 0.6 is 0 Å². The molecular formula is C12H16N2O2. The molecule has 1 N–H and O–H groups in total. The molecule has 4 heteroatoms. The number of carbonyl (C=O) groups is 1. The van der Waals surface area contributed by atoms with Gasteiger partial charge < -0.3 is 10.1 Å². The maximum Gasteiger partial charge on any atom is 0.231 e. The Balaban J connectivity index is 1.89. The highest BCUT2D eigenvalue weighted by Gasteiger charge is 2.43. The van der Waals surface area contributed by atoms with Crippen LogP contribution in [-0.4, -0.2) is 24.1 Å². The van der Waals surface area contributed by atoms with Gasteiger partial charge in [0.25, 0.3) is 0 Å². The van der Waals surface area contributed by atoms with E-state index in [2.05, 4.69) is 10.3 Å². The number of aromatic nitrogens is 1. The summed E-state index contributed by atoms with van der Waals surface area (Å²) in [6.07, 6.45) is 4.31. The van der Waals surface area contributed by atoms with Crippen molar-refractivity contribution in [3.05, 3.63) is 30.1 Å². The van der Waals surface area contributed by atoms with Gasteiger partial charge in [0.1, 0.15) is 0 Å². The molecule has 1 aromatic heterocycles. The van der Waals surface area contributed by atoms with Gasteiger partial charge in [-0.3, -0.25) is 9.78 Å². The first kappa shape index (κ1) is 11.1. The number of rotatable bonds is 4. The predicted octanol–water partition coefficient (Wildman–Crippen LogP) is 1.12. The van der Waals surface area contributed by atoms with Crippen LogP contribution in [0.5, 0.6) is 0 Å². The minimum absolute atomic E-state index is 0.0881. The number of nitrogens with zero attached hydrogens (tertiary/aromatic N) is 1. The van der Waals surface area contributed by atoms with Crippen molar-refractivity contribution in [1.82, 2.24) is 10.3 Å². The van der Waals surface area contributed by atoms with Gasteiger partial charge in [-0.2, -0.15) is 0 Å². The van der Waals surface area contributed by atoms with Crippen LogP contribution in [0, 0.1) is 5.41 Å². The zero-order chi connectivity index (χ0) is 11.4. The highest BCUT2D eigenvalue weighted by Crippen LogP contribution is 2.31. The molecule has 1 saturated heterocycles. The first-order valence-electron chi connectivity index (χ1n) is 5.52. The summed E-state index contributed by atoms with van der Waals surface area (Å²) in [4.78, 5) is 15.9. The molecule has 86 valence electrons. The average molecular weight is 220 g/mol. The summed E-state index contributed by atoms with van der Waals surface area (Å²) in [6, 6.07) is 3.81. The third kappa shape index (κ3) is 2.07. The van der Waals surface area contributed by atoms with Gasteiger partial charge in [0, 0.05) is 18.9 Å². The molecule has 16 heavy (non-hydrogen) atoms. The van der Waals surface area contributed by atoms with Gasteiger partial charge in [-0.05, 0) is 18.1 Å². The van der Waals surface area contributed by atoms with E-state index in [0.29, 0.717) is 19.8 Å². The van der Waals surface area contributed by atoms with Crippen molar-refractivity contribution < 1.29 is 9.53 Å². The summed E-state index contributed by atoms with van der Waals surface area (Å²) in [5.41, 5.74) is 0.727. The van der Waals surface area contributed by atoms with E-state index >= 15 is 0 Å². The third-order valence-corrected chi connectivity index (χ3v) is 3.09. The summed E-state index contributed by atoms with van der Waals surface area (Å²) in [6.45, 7) is 3.64. The summed E-state index contributed by atoms with van der Waals surface area (Å²) in [7, 11) is 0. The van der Waals surface area contributed by atoms with E-state index in [1.54, 1.807) is 12.4 Å². The topological polar surface area (TPSA) is 51.2 Å². The van der Waals surface area contributed by atoms with Gasteiger partial charge in [-0.15, -0.1) is 0 Å². The molecule has 1 fully saturated rings. The van der Waals surface area contributed by atoms with Crippen LogP contribution in [0.1, 0.15) is 18.9 Å². The van der Waals surface area contributed by atoms with Crippen molar-refractivity contribution in [2.75, 3.05) is 13.2 Å². The predicted molar refractivity (Wildman–Crippen MR) is 59.6 cm³/mol. The molecule has 0 radical (unpaired) electrons. The molecule has 0 spiro atoms. The van der Waals surface area contributed by atoms with Crippen LogP contribution < -0.4 is 5.32 Å². The van der Waals surface area contributed by atoms with Crippen LogP contribution in [0.3, 0.4) is 0 Å². The zero-order valence-corrected chi connectivity index (χ0v) is 9.40. The molecule has 0 unspecified atom stereocenters. The zero-order valence-electron chi connectivity index (χ0n) is 9.40. The molecule has 1 amide bonds. The third-order valence-electron chi connectivity index (χ3n) is 3.09. The summed E-state index contributed by atoms with van der Waals surface area (Å²) in [5, 5.41) is 2.93. The number of amides is 1. The van der Waals surface area contributed by atoms with E-state index in [-0.39, 0.29) is 11.3 Å². The first-order chi connectivity index (χ1) is 7.77. The summed E-state index contributed by atoms with van der Waals surface area (Å²) in [5.74, 6) is 0.0881. The molecule has 1 aliphatic rings. The van der Waals surface area contributed by atoms with Crippen molar-refractivity contribution in [3.8, 4) is 0 Å². The van der Waals surface area contributed by atoms with E-state index in [9.17, 15) is 4.79 Å². The fourth-order valence-corrected chi connectivity index (χ4v) is 1.72. The Labute approximate surface area is 95.0 Å². The van der Waals surface area contributed by atoms with E-state index in [1.165, 1.54) is 0 Å². The van der Waals surface area contributed by atoms with Gasteiger partial charge in [-0.25, -0.2) is 0 Å². The Morgan fingerprint density at radius 2 is 2.44 bits per heavy atom. The lowest BCUT2D eigenvalue weighted by Crippen LogP contribution is -2.53. The highest BCUT2D eigenvalue weighted by molar-refractivity contribution is 5.83. The molecule has 0 atom stereocenters.